The quantitative estimate of drug-likeness (QED) is 0.677. The standard InChI is InChI=1S/C24H22N2O3/c27-23-10-5-15-26(23)20-13-11-18(12-14-20)17-25-24(28)19-6-4-9-22(16-19)29-21-7-2-1-3-8-21/h1-4,6-9,11-14,16H,5,10,15,17H2,(H,25,28). The molecule has 0 aliphatic carbocycles. The molecule has 1 heterocycles. The maximum Gasteiger partial charge on any atom is 0.251 e. The number of anilines is 1. The third-order valence-corrected chi connectivity index (χ3v) is 4.85. The van der Waals surface area contributed by atoms with Crippen molar-refractivity contribution in [2.45, 2.75) is 19.4 Å². The van der Waals surface area contributed by atoms with Crippen LogP contribution >= 0.6 is 0 Å². The van der Waals surface area contributed by atoms with Gasteiger partial charge in [0.05, 0.1) is 0 Å². The number of para-hydroxylation sites is 1. The smallest absolute Gasteiger partial charge is 0.251 e. The second kappa shape index (κ2) is 8.61. The Morgan fingerprint density at radius 1 is 0.931 bits per heavy atom. The predicted octanol–water partition coefficient (Wildman–Crippen LogP) is 4.54. The zero-order chi connectivity index (χ0) is 20.1. The minimum absolute atomic E-state index is 0.165. The summed E-state index contributed by atoms with van der Waals surface area (Å²) in [5.74, 6) is 1.34. The van der Waals surface area contributed by atoms with Crippen molar-refractivity contribution in [1.29, 1.82) is 0 Å². The number of amides is 2. The van der Waals surface area contributed by atoms with Gasteiger partial charge in [0.15, 0.2) is 0 Å². The van der Waals surface area contributed by atoms with E-state index in [1.807, 2.05) is 60.7 Å². The molecule has 1 saturated heterocycles. The summed E-state index contributed by atoms with van der Waals surface area (Å²) in [6, 6.07) is 24.3. The van der Waals surface area contributed by atoms with Crippen molar-refractivity contribution in [2.24, 2.45) is 0 Å². The van der Waals surface area contributed by atoms with Crippen LogP contribution in [0.1, 0.15) is 28.8 Å². The van der Waals surface area contributed by atoms with E-state index >= 15 is 0 Å². The van der Waals surface area contributed by atoms with Gasteiger partial charge in [-0.05, 0) is 54.4 Å². The van der Waals surface area contributed by atoms with Crippen LogP contribution in [0.4, 0.5) is 5.69 Å². The van der Waals surface area contributed by atoms with Crippen LogP contribution in [-0.2, 0) is 11.3 Å². The summed E-state index contributed by atoms with van der Waals surface area (Å²) >= 11 is 0. The highest BCUT2D eigenvalue weighted by molar-refractivity contribution is 5.95. The van der Waals surface area contributed by atoms with Crippen LogP contribution in [0, 0.1) is 0 Å². The van der Waals surface area contributed by atoms with Crippen LogP contribution in [-0.4, -0.2) is 18.4 Å². The summed E-state index contributed by atoms with van der Waals surface area (Å²) in [4.78, 5) is 26.2. The number of nitrogens with one attached hydrogen (secondary N) is 1. The van der Waals surface area contributed by atoms with Crippen LogP contribution in [0.15, 0.2) is 78.9 Å². The zero-order valence-corrected chi connectivity index (χ0v) is 16.0. The average molecular weight is 386 g/mol. The van der Waals surface area contributed by atoms with Crippen LogP contribution in [0.25, 0.3) is 0 Å². The molecule has 2 amide bonds. The first-order valence-electron chi connectivity index (χ1n) is 9.69. The van der Waals surface area contributed by atoms with Gasteiger partial charge in [-0.3, -0.25) is 9.59 Å². The van der Waals surface area contributed by atoms with Crippen LogP contribution < -0.4 is 15.0 Å². The van der Waals surface area contributed by atoms with E-state index in [1.54, 1.807) is 23.1 Å². The van der Waals surface area contributed by atoms with Crippen molar-refractivity contribution >= 4 is 17.5 Å². The Morgan fingerprint density at radius 3 is 2.41 bits per heavy atom. The molecule has 3 aromatic rings. The first-order chi connectivity index (χ1) is 14.2. The lowest BCUT2D eigenvalue weighted by Crippen LogP contribution is -2.24. The van der Waals surface area contributed by atoms with E-state index < -0.39 is 0 Å². The number of nitrogens with zero attached hydrogens (tertiary/aromatic N) is 1. The average Bonchev–Trinajstić information content (AvgIpc) is 3.19. The van der Waals surface area contributed by atoms with Crippen molar-refractivity contribution in [2.75, 3.05) is 11.4 Å². The fourth-order valence-electron chi connectivity index (χ4n) is 3.32. The Balaban J connectivity index is 1.36. The van der Waals surface area contributed by atoms with Gasteiger partial charge in [-0.1, -0.05) is 36.4 Å². The van der Waals surface area contributed by atoms with Gasteiger partial charge >= 0.3 is 0 Å². The summed E-state index contributed by atoms with van der Waals surface area (Å²) < 4.78 is 5.79. The molecule has 0 unspecified atom stereocenters. The molecule has 0 bridgehead atoms. The van der Waals surface area contributed by atoms with Crippen LogP contribution in [0.2, 0.25) is 0 Å². The maximum atomic E-state index is 12.5. The summed E-state index contributed by atoms with van der Waals surface area (Å²) in [5, 5.41) is 2.93. The summed E-state index contributed by atoms with van der Waals surface area (Å²) in [7, 11) is 0. The van der Waals surface area contributed by atoms with Gasteiger partial charge in [0, 0.05) is 30.8 Å². The van der Waals surface area contributed by atoms with Gasteiger partial charge in [0.2, 0.25) is 5.91 Å². The predicted molar refractivity (Wildman–Crippen MR) is 112 cm³/mol. The minimum Gasteiger partial charge on any atom is -0.457 e. The molecule has 5 heteroatoms. The van der Waals surface area contributed by atoms with E-state index in [-0.39, 0.29) is 11.8 Å². The molecular weight excluding hydrogens is 364 g/mol. The van der Waals surface area contributed by atoms with Crippen molar-refractivity contribution in [3.8, 4) is 11.5 Å². The topological polar surface area (TPSA) is 58.6 Å². The fraction of sp³-hybridized carbons (Fsp3) is 0.167. The molecule has 4 rings (SSSR count). The van der Waals surface area contributed by atoms with Crippen LogP contribution in [0.3, 0.4) is 0 Å². The highest BCUT2D eigenvalue weighted by Crippen LogP contribution is 2.23. The zero-order valence-electron chi connectivity index (χ0n) is 16.0. The molecule has 0 saturated carbocycles. The van der Waals surface area contributed by atoms with E-state index in [0.29, 0.717) is 24.3 Å². The third-order valence-electron chi connectivity index (χ3n) is 4.85. The van der Waals surface area contributed by atoms with Crippen molar-refractivity contribution in [1.82, 2.24) is 5.32 Å². The number of ether oxygens (including phenoxy) is 1. The van der Waals surface area contributed by atoms with E-state index in [0.717, 1.165) is 30.0 Å². The molecule has 0 radical (unpaired) electrons. The number of carbonyl (C=O) groups excluding carboxylic acids is 2. The number of rotatable bonds is 6. The largest absolute Gasteiger partial charge is 0.457 e. The van der Waals surface area contributed by atoms with Gasteiger partial charge in [-0.25, -0.2) is 0 Å². The minimum atomic E-state index is -0.165. The summed E-state index contributed by atoms with van der Waals surface area (Å²) in [6.07, 6.45) is 1.52. The van der Waals surface area contributed by atoms with Gasteiger partial charge in [0.25, 0.3) is 5.91 Å². The summed E-state index contributed by atoms with van der Waals surface area (Å²) in [5.41, 5.74) is 2.43. The second-order valence-corrected chi connectivity index (χ2v) is 6.94. The van der Waals surface area contributed by atoms with E-state index in [1.165, 1.54) is 0 Å². The molecule has 0 aromatic heterocycles. The Hall–Kier alpha value is -3.60. The van der Waals surface area contributed by atoms with Gasteiger partial charge in [0.1, 0.15) is 11.5 Å². The molecule has 1 fully saturated rings. The molecule has 146 valence electrons. The molecule has 1 aliphatic rings. The van der Waals surface area contributed by atoms with Gasteiger partial charge < -0.3 is 15.0 Å². The monoisotopic (exact) mass is 386 g/mol. The van der Waals surface area contributed by atoms with Crippen LogP contribution in [0.5, 0.6) is 11.5 Å². The number of hydrogen-bond donors (Lipinski definition) is 1. The van der Waals surface area contributed by atoms with Crippen molar-refractivity contribution in [3.63, 3.8) is 0 Å². The fourth-order valence-corrected chi connectivity index (χ4v) is 3.32. The molecule has 3 aromatic carbocycles. The lowest BCUT2D eigenvalue weighted by atomic mass is 10.1. The van der Waals surface area contributed by atoms with E-state index in [2.05, 4.69) is 5.32 Å². The van der Waals surface area contributed by atoms with E-state index in [9.17, 15) is 9.59 Å². The molecule has 0 atom stereocenters. The molecule has 5 nitrogen and oxygen atoms in total. The highest BCUT2D eigenvalue weighted by Gasteiger charge is 2.21. The third kappa shape index (κ3) is 4.63. The highest BCUT2D eigenvalue weighted by atomic mass is 16.5. The van der Waals surface area contributed by atoms with E-state index in [4.69, 9.17) is 4.74 Å². The lowest BCUT2D eigenvalue weighted by Gasteiger charge is -2.16. The van der Waals surface area contributed by atoms with Gasteiger partial charge in [-0.2, -0.15) is 0 Å². The molecule has 1 aliphatic heterocycles. The molecular formula is C24H22N2O3. The number of benzene rings is 3. The Kier molecular flexibility index (Phi) is 5.56. The molecule has 0 spiro atoms. The maximum absolute atomic E-state index is 12.5. The van der Waals surface area contributed by atoms with Gasteiger partial charge in [-0.15, -0.1) is 0 Å². The summed E-state index contributed by atoms with van der Waals surface area (Å²) in [6.45, 7) is 1.19. The SMILES string of the molecule is O=C(NCc1ccc(N2CCCC2=O)cc1)c1cccc(Oc2ccccc2)c1. The Bertz CT molecular complexity index is 1000. The van der Waals surface area contributed by atoms with Crippen molar-refractivity contribution < 1.29 is 14.3 Å². The number of hydrogen-bond acceptors (Lipinski definition) is 3. The first kappa shape index (κ1) is 18.7. The first-order valence-corrected chi connectivity index (χ1v) is 9.69. The Labute approximate surface area is 169 Å². The number of carbonyl (C=O) groups is 2. The van der Waals surface area contributed by atoms with Crippen molar-refractivity contribution in [3.05, 3.63) is 90.0 Å². The second-order valence-electron chi connectivity index (χ2n) is 6.94. The molecule has 1 N–H and O–H groups in total. The Morgan fingerprint density at radius 2 is 1.69 bits per heavy atom. The normalized spacial score (nSPS) is 13.4. The molecule has 29 heavy (non-hydrogen) atoms. The lowest BCUT2D eigenvalue weighted by molar-refractivity contribution is -0.117.